The molecule has 5 heterocycles. The first kappa shape index (κ1) is 21.3. The Hall–Kier alpha value is -4.54. The smallest absolute Gasteiger partial charge is 0.278 e. The molecule has 0 unspecified atom stereocenters. The van der Waals surface area contributed by atoms with E-state index >= 15 is 0 Å². The van der Waals surface area contributed by atoms with Gasteiger partial charge in [-0.05, 0) is 37.1 Å². The maximum absolute atomic E-state index is 14.2. The van der Waals surface area contributed by atoms with Crippen LogP contribution in [0, 0.1) is 19.7 Å². The normalized spacial score (nSPS) is 11.2. The molecule has 5 aromatic rings. The van der Waals surface area contributed by atoms with Crippen LogP contribution in [0.3, 0.4) is 0 Å². The molecule has 0 saturated heterocycles. The summed E-state index contributed by atoms with van der Waals surface area (Å²) in [5.74, 6) is -0.283. The average molecular weight is 457 g/mol. The van der Waals surface area contributed by atoms with Gasteiger partial charge in [0.25, 0.3) is 5.56 Å². The summed E-state index contributed by atoms with van der Waals surface area (Å²) in [6, 6.07) is 7.52. The molecule has 0 aliphatic heterocycles. The van der Waals surface area contributed by atoms with Crippen LogP contribution in [-0.2, 0) is 13.6 Å². The molecule has 0 aromatic carbocycles. The summed E-state index contributed by atoms with van der Waals surface area (Å²) in [6.07, 6.45) is 6.02. The van der Waals surface area contributed by atoms with Gasteiger partial charge in [-0.1, -0.05) is 6.07 Å². The van der Waals surface area contributed by atoms with Crippen LogP contribution in [0.5, 0.6) is 0 Å². The Morgan fingerprint density at radius 3 is 2.71 bits per heavy atom. The molecule has 0 amide bonds. The van der Waals surface area contributed by atoms with Crippen molar-refractivity contribution in [1.82, 2.24) is 39.3 Å². The molecule has 11 heteroatoms. The second kappa shape index (κ2) is 8.43. The molecule has 0 atom stereocenters. The second-order valence-corrected chi connectivity index (χ2v) is 7.87. The quantitative estimate of drug-likeness (QED) is 0.428. The summed E-state index contributed by atoms with van der Waals surface area (Å²) in [5, 5.41) is 15.2. The summed E-state index contributed by atoms with van der Waals surface area (Å²) in [7, 11) is 1.45. The van der Waals surface area contributed by atoms with Crippen LogP contribution in [-0.4, -0.2) is 39.3 Å². The molecule has 0 aliphatic rings. The zero-order chi connectivity index (χ0) is 23.8. The first-order chi connectivity index (χ1) is 16.4. The lowest BCUT2D eigenvalue weighted by molar-refractivity contribution is 0.590. The Morgan fingerprint density at radius 2 is 1.91 bits per heavy atom. The van der Waals surface area contributed by atoms with E-state index in [1.54, 1.807) is 10.6 Å². The summed E-state index contributed by atoms with van der Waals surface area (Å²) in [5.41, 5.74) is 4.72. The first-order valence-corrected chi connectivity index (χ1v) is 10.5. The highest BCUT2D eigenvalue weighted by molar-refractivity contribution is 5.64. The number of nitrogens with zero attached hydrogens (tertiary/aromatic N) is 8. The van der Waals surface area contributed by atoms with E-state index in [4.69, 9.17) is 0 Å². The second-order valence-electron chi connectivity index (χ2n) is 7.87. The van der Waals surface area contributed by atoms with Crippen molar-refractivity contribution >= 4 is 11.6 Å². The fourth-order valence-corrected chi connectivity index (χ4v) is 3.71. The summed E-state index contributed by atoms with van der Waals surface area (Å²) < 4.78 is 16.9. The van der Waals surface area contributed by atoms with Crippen LogP contribution < -0.4 is 10.9 Å². The number of fused-ring (bicyclic) bond motifs is 1. The summed E-state index contributed by atoms with van der Waals surface area (Å²) in [4.78, 5) is 25.4. The van der Waals surface area contributed by atoms with E-state index in [1.165, 1.54) is 19.4 Å². The molecular weight excluding hydrogens is 437 g/mol. The third-order valence-electron chi connectivity index (χ3n) is 5.40. The van der Waals surface area contributed by atoms with Crippen LogP contribution in [0.25, 0.3) is 28.2 Å². The highest BCUT2D eigenvalue weighted by Crippen LogP contribution is 2.22. The van der Waals surface area contributed by atoms with E-state index in [2.05, 4.69) is 41.6 Å². The SMILES string of the molecule is Cc1cc(-c2ncc(CNc3nnc4cc(-c5c(F)cnn(C)c5=O)ncn34)cc2C)ccn1. The Kier molecular flexibility index (Phi) is 5.28. The van der Waals surface area contributed by atoms with E-state index in [0.717, 1.165) is 39.0 Å². The maximum Gasteiger partial charge on any atom is 0.278 e. The van der Waals surface area contributed by atoms with Crippen molar-refractivity contribution in [3.63, 3.8) is 0 Å². The Morgan fingerprint density at radius 1 is 1.06 bits per heavy atom. The molecule has 1 N–H and O–H groups in total. The zero-order valence-electron chi connectivity index (χ0n) is 18.7. The van der Waals surface area contributed by atoms with E-state index in [1.807, 2.05) is 32.2 Å². The predicted molar refractivity (Wildman–Crippen MR) is 123 cm³/mol. The van der Waals surface area contributed by atoms with Gasteiger partial charge in [-0.25, -0.2) is 14.1 Å². The number of anilines is 1. The van der Waals surface area contributed by atoms with Gasteiger partial charge in [-0.2, -0.15) is 5.10 Å². The number of rotatable bonds is 5. The van der Waals surface area contributed by atoms with E-state index in [-0.39, 0.29) is 11.3 Å². The standard InChI is InChI=1S/C23H20FN9O/c1-13-6-15(9-26-21(13)16-4-5-25-14(2)7-16)10-27-23-31-30-19-8-18(28-12-33(19)23)20-17(24)11-29-32(3)22(20)34/h4-9,11-12H,10H2,1-3H3,(H,27,31). The van der Waals surface area contributed by atoms with Gasteiger partial charge in [0.15, 0.2) is 11.5 Å². The molecule has 5 rings (SSSR count). The molecule has 0 spiro atoms. The third-order valence-corrected chi connectivity index (χ3v) is 5.40. The van der Waals surface area contributed by atoms with Gasteiger partial charge in [0, 0.05) is 43.3 Å². The van der Waals surface area contributed by atoms with Gasteiger partial charge in [-0.15, -0.1) is 10.2 Å². The van der Waals surface area contributed by atoms with Crippen molar-refractivity contribution in [2.45, 2.75) is 20.4 Å². The zero-order valence-corrected chi connectivity index (χ0v) is 18.7. The molecule has 0 radical (unpaired) electrons. The maximum atomic E-state index is 14.2. The third kappa shape index (κ3) is 3.87. The lowest BCUT2D eigenvalue weighted by atomic mass is 10.1. The molecule has 170 valence electrons. The fourth-order valence-electron chi connectivity index (χ4n) is 3.71. The fraction of sp³-hybridized carbons (Fsp3) is 0.174. The minimum absolute atomic E-state index is 0.161. The van der Waals surface area contributed by atoms with Crippen LogP contribution >= 0.6 is 0 Å². The molecule has 5 aromatic heterocycles. The topological polar surface area (TPSA) is 116 Å². The van der Waals surface area contributed by atoms with Crippen molar-refractivity contribution in [1.29, 1.82) is 0 Å². The summed E-state index contributed by atoms with van der Waals surface area (Å²) in [6.45, 7) is 4.43. The van der Waals surface area contributed by atoms with Gasteiger partial charge in [-0.3, -0.25) is 19.2 Å². The number of pyridine rings is 2. The van der Waals surface area contributed by atoms with E-state index in [9.17, 15) is 9.18 Å². The largest absolute Gasteiger partial charge is 0.350 e. The minimum Gasteiger partial charge on any atom is -0.350 e. The molecule has 0 aliphatic carbocycles. The van der Waals surface area contributed by atoms with Crippen molar-refractivity contribution in [2.75, 3.05) is 5.32 Å². The van der Waals surface area contributed by atoms with Gasteiger partial charge < -0.3 is 5.32 Å². The van der Waals surface area contributed by atoms with E-state index < -0.39 is 11.4 Å². The highest BCUT2D eigenvalue weighted by atomic mass is 19.1. The number of hydrogen-bond acceptors (Lipinski definition) is 8. The highest BCUT2D eigenvalue weighted by Gasteiger charge is 2.16. The number of aryl methyl sites for hydroxylation is 3. The number of nitrogens with one attached hydrogen (secondary N) is 1. The van der Waals surface area contributed by atoms with Crippen molar-refractivity contribution in [2.24, 2.45) is 7.05 Å². The van der Waals surface area contributed by atoms with Crippen LogP contribution in [0.2, 0.25) is 0 Å². The predicted octanol–water partition coefficient (Wildman–Crippen LogP) is 2.71. The van der Waals surface area contributed by atoms with Crippen LogP contribution in [0.4, 0.5) is 10.3 Å². The van der Waals surface area contributed by atoms with Crippen LogP contribution in [0.1, 0.15) is 16.8 Å². The molecule has 0 bridgehead atoms. The van der Waals surface area contributed by atoms with Gasteiger partial charge in [0.05, 0.1) is 17.6 Å². The van der Waals surface area contributed by atoms with Gasteiger partial charge in [0.1, 0.15) is 11.9 Å². The molecule has 34 heavy (non-hydrogen) atoms. The molecule has 0 saturated carbocycles. The first-order valence-electron chi connectivity index (χ1n) is 10.5. The van der Waals surface area contributed by atoms with E-state index in [0.29, 0.717) is 18.1 Å². The van der Waals surface area contributed by atoms with Crippen molar-refractivity contribution in [3.05, 3.63) is 82.2 Å². The van der Waals surface area contributed by atoms with Crippen molar-refractivity contribution < 1.29 is 4.39 Å². The molecule has 0 fully saturated rings. The van der Waals surface area contributed by atoms with Gasteiger partial charge in [0.2, 0.25) is 5.95 Å². The Bertz CT molecular complexity index is 1590. The lowest BCUT2D eigenvalue weighted by Crippen LogP contribution is -2.22. The summed E-state index contributed by atoms with van der Waals surface area (Å²) >= 11 is 0. The average Bonchev–Trinajstić information content (AvgIpc) is 3.23. The number of hydrogen-bond donors (Lipinski definition) is 1. The molecular formula is C23H20FN9O. The monoisotopic (exact) mass is 457 g/mol. The van der Waals surface area contributed by atoms with Crippen LogP contribution in [0.15, 0.2) is 54.0 Å². The molecule has 10 nitrogen and oxygen atoms in total. The number of aromatic nitrogens is 8. The minimum atomic E-state index is -0.744. The van der Waals surface area contributed by atoms with Gasteiger partial charge >= 0.3 is 0 Å². The number of halogens is 1. The Labute approximate surface area is 193 Å². The Balaban J connectivity index is 1.38. The lowest BCUT2D eigenvalue weighted by Gasteiger charge is -2.09. The van der Waals surface area contributed by atoms with Crippen molar-refractivity contribution in [3.8, 4) is 22.5 Å².